The summed E-state index contributed by atoms with van der Waals surface area (Å²) in [6, 6.07) is 14.1. The first-order chi connectivity index (χ1) is 15.9. The zero-order valence-corrected chi connectivity index (χ0v) is 18.8. The average Bonchev–Trinajstić information content (AvgIpc) is 3.22. The standard InChI is InChI=1S/C26H28FN3O3/c1-28-17-19(22-5-2-3-6-23(22)28)7-12-24(31)29-15-4-13-26(14-16-29)18-30(25(32)33-26)21-10-8-20(27)9-11-21/h2-3,5-6,8-11,17H,4,7,12-16,18H2,1H3/t26-/m0/s1. The molecule has 2 aliphatic heterocycles. The van der Waals surface area contributed by atoms with E-state index in [1.165, 1.54) is 28.6 Å². The number of aromatic nitrogens is 1. The second-order valence-corrected chi connectivity index (χ2v) is 9.13. The smallest absolute Gasteiger partial charge is 0.415 e. The van der Waals surface area contributed by atoms with Gasteiger partial charge in [0, 0.05) is 55.8 Å². The first-order valence-electron chi connectivity index (χ1n) is 11.5. The summed E-state index contributed by atoms with van der Waals surface area (Å²) >= 11 is 0. The molecule has 172 valence electrons. The Balaban J connectivity index is 1.21. The van der Waals surface area contributed by atoms with Gasteiger partial charge in [0.2, 0.25) is 5.91 Å². The van der Waals surface area contributed by atoms with E-state index >= 15 is 0 Å². The fourth-order valence-corrected chi connectivity index (χ4v) is 5.14. The Hall–Kier alpha value is -3.35. The van der Waals surface area contributed by atoms with Gasteiger partial charge in [-0.1, -0.05) is 18.2 Å². The molecule has 0 aliphatic carbocycles. The highest BCUT2D eigenvalue weighted by molar-refractivity contribution is 5.90. The summed E-state index contributed by atoms with van der Waals surface area (Å²) < 4.78 is 21.2. The van der Waals surface area contributed by atoms with E-state index in [4.69, 9.17) is 4.74 Å². The van der Waals surface area contributed by atoms with E-state index < -0.39 is 11.7 Å². The van der Waals surface area contributed by atoms with Gasteiger partial charge in [-0.05, 0) is 55.2 Å². The predicted molar refractivity (Wildman–Crippen MR) is 125 cm³/mol. The minimum atomic E-state index is -0.601. The number of anilines is 1. The van der Waals surface area contributed by atoms with Crippen molar-refractivity contribution in [2.75, 3.05) is 24.5 Å². The number of amides is 2. The first-order valence-corrected chi connectivity index (χ1v) is 11.5. The molecular weight excluding hydrogens is 421 g/mol. The van der Waals surface area contributed by atoms with Crippen LogP contribution in [0.3, 0.4) is 0 Å². The van der Waals surface area contributed by atoms with Gasteiger partial charge in [-0.25, -0.2) is 9.18 Å². The van der Waals surface area contributed by atoms with E-state index in [-0.39, 0.29) is 11.7 Å². The molecule has 5 rings (SSSR count). The summed E-state index contributed by atoms with van der Waals surface area (Å²) in [5, 5.41) is 1.20. The Bertz CT molecular complexity index is 1190. The van der Waals surface area contributed by atoms with Crippen LogP contribution in [0.4, 0.5) is 14.9 Å². The second kappa shape index (κ2) is 8.54. The highest BCUT2D eigenvalue weighted by atomic mass is 19.1. The summed E-state index contributed by atoms with van der Waals surface area (Å²) in [4.78, 5) is 29.1. The Labute approximate surface area is 192 Å². The molecule has 1 atom stereocenters. The topological polar surface area (TPSA) is 54.8 Å². The lowest BCUT2D eigenvalue weighted by Crippen LogP contribution is -2.37. The number of ether oxygens (including phenoxy) is 1. The highest BCUT2D eigenvalue weighted by Crippen LogP contribution is 2.36. The summed E-state index contributed by atoms with van der Waals surface area (Å²) in [6.07, 6.45) is 4.97. The maximum absolute atomic E-state index is 13.3. The molecule has 7 heteroatoms. The zero-order chi connectivity index (χ0) is 23.0. The van der Waals surface area contributed by atoms with E-state index in [1.54, 1.807) is 17.0 Å². The van der Waals surface area contributed by atoms with Crippen LogP contribution in [0.1, 0.15) is 31.2 Å². The molecule has 2 fully saturated rings. The van der Waals surface area contributed by atoms with Crippen molar-refractivity contribution in [2.45, 2.75) is 37.7 Å². The molecule has 3 aromatic rings. The molecule has 1 spiro atoms. The van der Waals surface area contributed by atoms with Gasteiger partial charge >= 0.3 is 6.09 Å². The number of carbonyl (C=O) groups is 2. The van der Waals surface area contributed by atoms with Crippen LogP contribution >= 0.6 is 0 Å². The Kier molecular flexibility index (Phi) is 5.56. The summed E-state index contributed by atoms with van der Waals surface area (Å²) in [7, 11) is 2.03. The molecule has 2 saturated heterocycles. The molecule has 0 saturated carbocycles. The minimum absolute atomic E-state index is 0.139. The lowest BCUT2D eigenvalue weighted by atomic mass is 9.95. The molecule has 0 radical (unpaired) electrons. The zero-order valence-electron chi connectivity index (χ0n) is 18.8. The van der Waals surface area contributed by atoms with Crippen molar-refractivity contribution in [1.29, 1.82) is 0 Å². The number of hydrogen-bond acceptors (Lipinski definition) is 3. The first kappa shape index (κ1) is 21.5. The maximum Gasteiger partial charge on any atom is 0.415 e. The van der Waals surface area contributed by atoms with Crippen molar-refractivity contribution in [2.24, 2.45) is 7.05 Å². The minimum Gasteiger partial charge on any atom is -0.441 e. The largest absolute Gasteiger partial charge is 0.441 e. The van der Waals surface area contributed by atoms with Crippen molar-refractivity contribution >= 4 is 28.6 Å². The molecule has 3 heterocycles. The van der Waals surface area contributed by atoms with Gasteiger partial charge < -0.3 is 14.2 Å². The fourth-order valence-electron chi connectivity index (χ4n) is 5.14. The van der Waals surface area contributed by atoms with Crippen LogP contribution in [-0.4, -0.2) is 46.7 Å². The second-order valence-electron chi connectivity index (χ2n) is 9.13. The quantitative estimate of drug-likeness (QED) is 0.582. The molecule has 0 N–H and O–H groups in total. The summed E-state index contributed by atoms with van der Waals surface area (Å²) in [6.45, 7) is 1.67. The number of para-hydroxylation sites is 1. The van der Waals surface area contributed by atoms with E-state index in [0.717, 1.165) is 6.42 Å². The number of aryl methyl sites for hydroxylation is 2. The molecule has 33 heavy (non-hydrogen) atoms. The number of fused-ring (bicyclic) bond motifs is 1. The molecule has 6 nitrogen and oxygen atoms in total. The number of likely N-dealkylation sites (tertiary alicyclic amines) is 1. The van der Waals surface area contributed by atoms with Crippen molar-refractivity contribution in [1.82, 2.24) is 9.47 Å². The monoisotopic (exact) mass is 449 g/mol. The van der Waals surface area contributed by atoms with E-state index in [1.807, 2.05) is 24.1 Å². The van der Waals surface area contributed by atoms with E-state index in [0.29, 0.717) is 51.0 Å². The predicted octanol–water partition coefficient (Wildman–Crippen LogP) is 4.66. The van der Waals surface area contributed by atoms with Crippen LogP contribution in [0.2, 0.25) is 0 Å². The van der Waals surface area contributed by atoms with Gasteiger partial charge in [0.1, 0.15) is 11.4 Å². The lowest BCUT2D eigenvalue weighted by molar-refractivity contribution is -0.131. The number of halogens is 1. The SMILES string of the molecule is Cn1cc(CCC(=O)N2CCC[C@]3(CC2)CN(c2ccc(F)cc2)C(=O)O3)c2ccccc21. The van der Waals surface area contributed by atoms with Gasteiger partial charge in [-0.2, -0.15) is 0 Å². The maximum atomic E-state index is 13.3. The molecule has 2 aromatic carbocycles. The molecule has 0 unspecified atom stereocenters. The van der Waals surface area contributed by atoms with Crippen LogP contribution in [0.5, 0.6) is 0 Å². The summed E-state index contributed by atoms with van der Waals surface area (Å²) in [5.74, 6) is -0.201. The van der Waals surface area contributed by atoms with Crippen LogP contribution in [0.25, 0.3) is 10.9 Å². The van der Waals surface area contributed by atoms with Crippen molar-refractivity contribution in [3.8, 4) is 0 Å². The van der Waals surface area contributed by atoms with Gasteiger partial charge in [-0.3, -0.25) is 9.69 Å². The third-order valence-corrected chi connectivity index (χ3v) is 6.95. The fraction of sp³-hybridized carbons (Fsp3) is 0.385. The van der Waals surface area contributed by atoms with Crippen LogP contribution in [0.15, 0.2) is 54.7 Å². The molecule has 2 amide bonds. The molecule has 0 bridgehead atoms. The average molecular weight is 450 g/mol. The highest BCUT2D eigenvalue weighted by Gasteiger charge is 2.46. The Morgan fingerprint density at radius 2 is 1.88 bits per heavy atom. The van der Waals surface area contributed by atoms with Crippen molar-refractivity contribution in [3.63, 3.8) is 0 Å². The number of benzene rings is 2. The molecule has 2 aliphatic rings. The van der Waals surface area contributed by atoms with E-state index in [2.05, 4.69) is 22.9 Å². The third-order valence-electron chi connectivity index (χ3n) is 6.95. The van der Waals surface area contributed by atoms with Crippen molar-refractivity contribution in [3.05, 3.63) is 66.1 Å². The van der Waals surface area contributed by atoms with Crippen molar-refractivity contribution < 1.29 is 18.7 Å². The number of hydrogen-bond donors (Lipinski definition) is 0. The number of nitrogens with zero attached hydrogens (tertiary/aromatic N) is 3. The van der Waals surface area contributed by atoms with Crippen LogP contribution < -0.4 is 4.90 Å². The normalized spacial score (nSPS) is 21.0. The van der Waals surface area contributed by atoms with Crippen LogP contribution in [-0.2, 0) is 23.0 Å². The Morgan fingerprint density at radius 3 is 2.70 bits per heavy atom. The molecular formula is C26H28FN3O3. The third kappa shape index (κ3) is 4.19. The van der Waals surface area contributed by atoms with Gasteiger partial charge in [0.05, 0.1) is 6.54 Å². The number of rotatable bonds is 4. The Morgan fingerprint density at radius 1 is 1.09 bits per heavy atom. The number of carbonyl (C=O) groups excluding carboxylic acids is 2. The van der Waals surface area contributed by atoms with Gasteiger partial charge in [-0.15, -0.1) is 0 Å². The van der Waals surface area contributed by atoms with Gasteiger partial charge in [0.25, 0.3) is 0 Å². The lowest BCUT2D eigenvalue weighted by Gasteiger charge is -2.25. The van der Waals surface area contributed by atoms with Crippen LogP contribution in [0, 0.1) is 5.82 Å². The molecule has 1 aromatic heterocycles. The van der Waals surface area contributed by atoms with Gasteiger partial charge in [0.15, 0.2) is 0 Å². The summed E-state index contributed by atoms with van der Waals surface area (Å²) in [5.41, 5.74) is 2.39. The van der Waals surface area contributed by atoms with E-state index in [9.17, 15) is 14.0 Å².